The molecule has 2 aromatic heterocycles. The fraction of sp³-hybridized carbons (Fsp3) is 0. The predicted molar refractivity (Wildman–Crippen MR) is 49.8 cm³/mol. The van der Waals surface area contributed by atoms with Crippen molar-refractivity contribution >= 4 is 23.2 Å². The molecule has 0 saturated carbocycles. The lowest BCUT2D eigenvalue weighted by atomic mass is 10.3. The van der Waals surface area contributed by atoms with Crippen molar-refractivity contribution in [3.63, 3.8) is 0 Å². The Morgan fingerprint density at radius 3 is 2.69 bits per heavy atom. The molecule has 0 radical (unpaired) electrons. The molecule has 2 heterocycles. The van der Waals surface area contributed by atoms with Crippen LogP contribution in [-0.2, 0) is 0 Å². The highest BCUT2D eigenvalue weighted by Crippen LogP contribution is 2.33. The summed E-state index contributed by atoms with van der Waals surface area (Å²) in [5, 5.41) is 0.760. The van der Waals surface area contributed by atoms with Gasteiger partial charge >= 0.3 is 0 Å². The molecular formula is C8H4Cl2N2O. The molecule has 0 unspecified atom stereocenters. The first kappa shape index (κ1) is 8.53. The lowest BCUT2D eigenvalue weighted by molar-refractivity contribution is 0.580. The Balaban J connectivity index is 2.53. The van der Waals surface area contributed by atoms with Crippen LogP contribution in [0.1, 0.15) is 0 Å². The molecule has 0 aromatic carbocycles. The Morgan fingerprint density at radius 1 is 1.31 bits per heavy atom. The smallest absolute Gasteiger partial charge is 0.172 e. The van der Waals surface area contributed by atoms with Crippen molar-refractivity contribution in [2.45, 2.75) is 0 Å². The number of halogens is 2. The van der Waals surface area contributed by atoms with Gasteiger partial charge in [-0.05, 0) is 6.07 Å². The van der Waals surface area contributed by atoms with Crippen molar-refractivity contribution in [1.82, 2.24) is 9.97 Å². The molecule has 0 amide bonds. The van der Waals surface area contributed by atoms with Gasteiger partial charge in [0.2, 0.25) is 0 Å². The van der Waals surface area contributed by atoms with Crippen molar-refractivity contribution in [2.75, 3.05) is 0 Å². The fourth-order valence-corrected chi connectivity index (χ4v) is 1.24. The maximum Gasteiger partial charge on any atom is 0.172 e. The van der Waals surface area contributed by atoms with Gasteiger partial charge in [0.1, 0.15) is 23.3 Å². The van der Waals surface area contributed by atoms with Gasteiger partial charge in [0, 0.05) is 6.20 Å². The van der Waals surface area contributed by atoms with Crippen molar-refractivity contribution in [3.8, 4) is 11.5 Å². The van der Waals surface area contributed by atoms with E-state index in [2.05, 4.69) is 9.97 Å². The highest BCUT2D eigenvalue weighted by atomic mass is 35.5. The summed E-state index contributed by atoms with van der Waals surface area (Å²) in [5.74, 6) is 0.467. The minimum Gasteiger partial charge on any atom is -0.459 e. The monoisotopic (exact) mass is 214 g/mol. The van der Waals surface area contributed by atoms with Gasteiger partial charge in [-0.15, -0.1) is 0 Å². The van der Waals surface area contributed by atoms with Crippen LogP contribution in [0.2, 0.25) is 10.0 Å². The van der Waals surface area contributed by atoms with Gasteiger partial charge in [-0.1, -0.05) is 23.2 Å². The third-order valence-corrected chi connectivity index (χ3v) is 2.25. The predicted octanol–water partition coefficient (Wildman–Crippen LogP) is 3.04. The molecule has 5 heteroatoms. The Kier molecular flexibility index (Phi) is 2.20. The van der Waals surface area contributed by atoms with E-state index in [1.165, 1.54) is 12.6 Å². The van der Waals surface area contributed by atoms with Crippen LogP contribution in [0.4, 0.5) is 0 Å². The highest BCUT2D eigenvalue weighted by Gasteiger charge is 2.12. The Morgan fingerprint density at radius 2 is 2.15 bits per heavy atom. The number of furan rings is 1. The molecule has 0 aliphatic carbocycles. The summed E-state index contributed by atoms with van der Waals surface area (Å²) in [6.07, 6.45) is 4.40. The Hall–Kier alpha value is -1.06. The minimum absolute atomic E-state index is 0.375. The van der Waals surface area contributed by atoms with Crippen LogP contribution < -0.4 is 0 Å². The van der Waals surface area contributed by atoms with Crippen molar-refractivity contribution in [3.05, 3.63) is 34.9 Å². The molecule has 0 atom stereocenters. The van der Waals surface area contributed by atoms with E-state index in [0.717, 1.165) is 0 Å². The third-order valence-electron chi connectivity index (χ3n) is 1.50. The molecule has 0 N–H and O–H groups in total. The van der Waals surface area contributed by atoms with Gasteiger partial charge < -0.3 is 4.42 Å². The lowest BCUT2D eigenvalue weighted by Crippen LogP contribution is -1.81. The first-order valence-corrected chi connectivity index (χ1v) is 4.23. The van der Waals surface area contributed by atoms with Crippen LogP contribution >= 0.6 is 23.2 Å². The van der Waals surface area contributed by atoms with Gasteiger partial charge in [0.05, 0.1) is 5.02 Å². The van der Waals surface area contributed by atoms with Crippen LogP contribution in [0.3, 0.4) is 0 Å². The molecule has 66 valence electrons. The molecule has 13 heavy (non-hydrogen) atoms. The SMILES string of the molecule is Clc1coc(-c2ccncn2)c1Cl. The summed E-state index contributed by atoms with van der Waals surface area (Å²) >= 11 is 11.6. The standard InChI is InChI=1S/C8H4Cl2N2O/c9-5-3-13-8(7(5)10)6-1-2-11-4-12-6/h1-4H. The van der Waals surface area contributed by atoms with E-state index in [1.807, 2.05) is 0 Å². The van der Waals surface area contributed by atoms with E-state index in [9.17, 15) is 0 Å². The van der Waals surface area contributed by atoms with E-state index in [-0.39, 0.29) is 0 Å². The van der Waals surface area contributed by atoms with Gasteiger partial charge in [0.25, 0.3) is 0 Å². The number of rotatable bonds is 1. The van der Waals surface area contributed by atoms with Crippen LogP contribution in [-0.4, -0.2) is 9.97 Å². The molecule has 2 rings (SSSR count). The summed E-state index contributed by atoms with van der Waals surface area (Å²) in [6, 6.07) is 1.70. The minimum atomic E-state index is 0.375. The average Bonchev–Trinajstić information content (AvgIpc) is 2.49. The molecular weight excluding hydrogens is 211 g/mol. The second-order valence-corrected chi connectivity index (χ2v) is 3.11. The largest absolute Gasteiger partial charge is 0.459 e. The van der Waals surface area contributed by atoms with Crippen LogP contribution in [0, 0.1) is 0 Å². The van der Waals surface area contributed by atoms with Gasteiger partial charge in [-0.3, -0.25) is 0 Å². The molecule has 0 saturated heterocycles. The zero-order valence-corrected chi connectivity index (χ0v) is 7.88. The summed E-state index contributed by atoms with van der Waals surface area (Å²) in [6.45, 7) is 0. The average molecular weight is 215 g/mol. The summed E-state index contributed by atoms with van der Waals surface area (Å²) < 4.78 is 5.13. The maximum absolute atomic E-state index is 5.86. The molecule has 0 fully saturated rings. The molecule has 2 aromatic rings. The van der Waals surface area contributed by atoms with Gasteiger partial charge in [-0.25, -0.2) is 9.97 Å². The van der Waals surface area contributed by atoms with Crippen molar-refractivity contribution < 1.29 is 4.42 Å². The van der Waals surface area contributed by atoms with E-state index in [4.69, 9.17) is 27.6 Å². The second-order valence-electron chi connectivity index (χ2n) is 2.32. The van der Waals surface area contributed by atoms with Crippen LogP contribution in [0.5, 0.6) is 0 Å². The molecule has 0 spiro atoms. The molecule has 3 nitrogen and oxygen atoms in total. The van der Waals surface area contributed by atoms with Crippen LogP contribution in [0.25, 0.3) is 11.5 Å². The normalized spacial score (nSPS) is 10.3. The topological polar surface area (TPSA) is 38.9 Å². The maximum atomic E-state index is 5.86. The number of aromatic nitrogens is 2. The summed E-state index contributed by atoms with van der Waals surface area (Å²) in [4.78, 5) is 7.75. The lowest BCUT2D eigenvalue weighted by Gasteiger charge is -1.93. The van der Waals surface area contributed by atoms with Gasteiger partial charge in [0.15, 0.2) is 5.76 Å². The van der Waals surface area contributed by atoms with E-state index in [0.29, 0.717) is 21.5 Å². The Bertz CT molecular complexity index is 413. The first-order chi connectivity index (χ1) is 6.29. The third kappa shape index (κ3) is 1.53. The number of hydrogen-bond acceptors (Lipinski definition) is 3. The molecule has 0 bridgehead atoms. The summed E-state index contributed by atoms with van der Waals surface area (Å²) in [7, 11) is 0. The first-order valence-electron chi connectivity index (χ1n) is 3.48. The van der Waals surface area contributed by atoms with Crippen LogP contribution in [0.15, 0.2) is 29.3 Å². The van der Waals surface area contributed by atoms with E-state index >= 15 is 0 Å². The molecule has 0 aliphatic heterocycles. The van der Waals surface area contributed by atoms with Gasteiger partial charge in [-0.2, -0.15) is 0 Å². The molecule has 0 aliphatic rings. The fourth-order valence-electron chi connectivity index (χ4n) is 0.920. The van der Waals surface area contributed by atoms with E-state index in [1.54, 1.807) is 12.3 Å². The highest BCUT2D eigenvalue weighted by molar-refractivity contribution is 6.43. The quantitative estimate of drug-likeness (QED) is 0.733. The zero-order valence-electron chi connectivity index (χ0n) is 6.37. The second kappa shape index (κ2) is 3.36. The van der Waals surface area contributed by atoms with Crippen molar-refractivity contribution in [2.24, 2.45) is 0 Å². The number of hydrogen-bond donors (Lipinski definition) is 0. The zero-order chi connectivity index (χ0) is 9.26. The summed E-state index contributed by atoms with van der Waals surface area (Å²) in [5.41, 5.74) is 0.618. The van der Waals surface area contributed by atoms with E-state index < -0.39 is 0 Å². The number of nitrogens with zero attached hydrogens (tertiary/aromatic N) is 2. The van der Waals surface area contributed by atoms with Crippen molar-refractivity contribution in [1.29, 1.82) is 0 Å². The Labute approximate surface area is 84.3 Å².